The Hall–Kier alpha value is -1.59. The molecule has 1 fully saturated rings. The first-order valence-electron chi connectivity index (χ1n) is 9.00. The lowest BCUT2D eigenvalue weighted by atomic mass is 9.95. The fraction of sp³-hybridized carbons (Fsp3) is 0.526. The number of hydrogen-bond acceptors (Lipinski definition) is 3. The number of rotatable bonds is 5. The van der Waals surface area contributed by atoms with Crippen molar-refractivity contribution in [2.24, 2.45) is 0 Å². The number of thiophene rings is 1. The van der Waals surface area contributed by atoms with E-state index in [2.05, 4.69) is 9.88 Å². The summed E-state index contributed by atoms with van der Waals surface area (Å²) in [4.78, 5) is 14.3. The maximum absolute atomic E-state index is 12.9. The summed E-state index contributed by atoms with van der Waals surface area (Å²) >= 11 is 1.78. The predicted octanol–water partition coefficient (Wildman–Crippen LogP) is 3.72. The zero-order chi connectivity index (χ0) is 16.4. The molecule has 0 saturated carbocycles. The van der Waals surface area contributed by atoms with E-state index in [4.69, 9.17) is 4.74 Å². The highest BCUT2D eigenvalue weighted by Crippen LogP contribution is 2.36. The Labute approximate surface area is 146 Å². The van der Waals surface area contributed by atoms with Gasteiger partial charge >= 0.3 is 0 Å². The van der Waals surface area contributed by atoms with Crippen molar-refractivity contribution in [2.45, 2.75) is 51.0 Å². The van der Waals surface area contributed by atoms with E-state index in [1.165, 1.54) is 23.3 Å². The van der Waals surface area contributed by atoms with Gasteiger partial charge in [0.2, 0.25) is 0 Å². The van der Waals surface area contributed by atoms with Crippen LogP contribution in [0.1, 0.15) is 52.9 Å². The monoisotopic (exact) mass is 344 g/mol. The maximum atomic E-state index is 12.9. The van der Waals surface area contributed by atoms with Crippen LogP contribution in [-0.4, -0.2) is 29.7 Å². The molecule has 24 heavy (non-hydrogen) atoms. The van der Waals surface area contributed by atoms with E-state index in [0.29, 0.717) is 12.6 Å². The van der Waals surface area contributed by atoms with Gasteiger partial charge in [-0.15, -0.1) is 11.3 Å². The van der Waals surface area contributed by atoms with E-state index < -0.39 is 0 Å². The molecular formula is C19H24N2O2S. The Bertz CT molecular complexity index is 699. The van der Waals surface area contributed by atoms with Crippen LogP contribution in [0.5, 0.6) is 0 Å². The van der Waals surface area contributed by atoms with Crippen molar-refractivity contribution in [2.75, 3.05) is 13.2 Å². The summed E-state index contributed by atoms with van der Waals surface area (Å²) in [5.74, 6) is 0.0797. The molecule has 4 rings (SSSR count). The Morgan fingerprint density at radius 2 is 2.08 bits per heavy atom. The lowest BCUT2D eigenvalue weighted by Gasteiger charge is -2.14. The summed E-state index contributed by atoms with van der Waals surface area (Å²) < 4.78 is 7.73. The Morgan fingerprint density at radius 3 is 2.88 bits per heavy atom. The van der Waals surface area contributed by atoms with Crippen molar-refractivity contribution >= 4 is 17.2 Å². The number of carbonyl (C=O) groups excluding carboxylic acids is 1. The van der Waals surface area contributed by atoms with Crippen molar-refractivity contribution in [3.8, 4) is 5.00 Å². The molecular weight excluding hydrogens is 320 g/mol. The van der Waals surface area contributed by atoms with E-state index in [-0.39, 0.29) is 5.91 Å². The minimum atomic E-state index is 0.0797. The second-order valence-corrected chi connectivity index (χ2v) is 7.74. The molecule has 2 aromatic heterocycles. The number of ether oxygens (including phenoxy) is 1. The molecule has 0 bridgehead atoms. The van der Waals surface area contributed by atoms with Gasteiger partial charge in [-0.1, -0.05) is 0 Å². The second kappa shape index (κ2) is 7.11. The van der Waals surface area contributed by atoms with Gasteiger partial charge in [0, 0.05) is 30.4 Å². The smallest absolute Gasteiger partial charge is 0.254 e. The lowest BCUT2D eigenvalue weighted by molar-refractivity contribution is 0.0906. The summed E-state index contributed by atoms with van der Waals surface area (Å²) in [6.45, 7) is 1.56. The first-order chi connectivity index (χ1) is 11.8. The first kappa shape index (κ1) is 15.9. The van der Waals surface area contributed by atoms with Crippen LogP contribution < -0.4 is 5.32 Å². The molecule has 2 aromatic rings. The molecule has 0 aromatic carbocycles. The summed E-state index contributed by atoms with van der Waals surface area (Å²) in [6, 6.07) is 4.02. The van der Waals surface area contributed by atoms with E-state index >= 15 is 0 Å². The number of aryl methyl sites for hydroxylation is 1. The van der Waals surface area contributed by atoms with Gasteiger partial charge in [-0.2, -0.15) is 0 Å². The van der Waals surface area contributed by atoms with Gasteiger partial charge < -0.3 is 14.6 Å². The molecule has 2 aliphatic rings. The normalized spacial score (nSPS) is 20.1. The number of carbonyl (C=O) groups is 1. The molecule has 0 radical (unpaired) electrons. The van der Waals surface area contributed by atoms with Crippen molar-refractivity contribution in [3.05, 3.63) is 40.5 Å². The fourth-order valence-corrected chi connectivity index (χ4v) is 5.10. The lowest BCUT2D eigenvalue weighted by Crippen LogP contribution is -2.28. The van der Waals surface area contributed by atoms with Crippen LogP contribution >= 0.6 is 11.3 Å². The standard InChI is InChI=1S/C19H24N2O2S/c22-18(20-10-9-14-6-5-13-23-14)17-15-7-1-2-8-16(15)24-19(17)21-11-3-4-12-21/h3-4,11-12,14H,1-2,5-10,13H2,(H,20,22)/t14-/m0/s1. The van der Waals surface area contributed by atoms with E-state index in [1.54, 1.807) is 11.3 Å². The molecule has 1 aliphatic heterocycles. The third-order valence-corrected chi connectivity index (χ3v) is 6.30. The Morgan fingerprint density at radius 1 is 1.25 bits per heavy atom. The quantitative estimate of drug-likeness (QED) is 0.898. The number of aromatic nitrogens is 1. The summed E-state index contributed by atoms with van der Waals surface area (Å²) in [7, 11) is 0. The minimum absolute atomic E-state index is 0.0797. The number of amides is 1. The highest BCUT2D eigenvalue weighted by Gasteiger charge is 2.26. The third-order valence-electron chi connectivity index (χ3n) is 4.99. The second-order valence-electron chi connectivity index (χ2n) is 6.66. The van der Waals surface area contributed by atoms with E-state index in [0.717, 1.165) is 49.3 Å². The summed E-state index contributed by atoms with van der Waals surface area (Å²) in [5.41, 5.74) is 2.18. The molecule has 4 nitrogen and oxygen atoms in total. The molecule has 1 aliphatic carbocycles. The summed E-state index contributed by atoms with van der Waals surface area (Å²) in [5, 5.41) is 4.21. The number of fused-ring (bicyclic) bond motifs is 1. The molecule has 1 amide bonds. The van der Waals surface area contributed by atoms with Gasteiger partial charge in [0.1, 0.15) is 5.00 Å². The van der Waals surface area contributed by atoms with Gasteiger partial charge in [-0.05, 0) is 62.6 Å². The van der Waals surface area contributed by atoms with Crippen LogP contribution in [-0.2, 0) is 17.6 Å². The van der Waals surface area contributed by atoms with Crippen LogP contribution in [0.4, 0.5) is 0 Å². The molecule has 0 spiro atoms. The first-order valence-corrected chi connectivity index (χ1v) is 9.82. The largest absolute Gasteiger partial charge is 0.378 e. The molecule has 0 unspecified atom stereocenters. The van der Waals surface area contributed by atoms with Crippen molar-refractivity contribution in [1.29, 1.82) is 0 Å². The number of hydrogen-bond donors (Lipinski definition) is 1. The van der Waals surface area contributed by atoms with Gasteiger partial charge in [0.05, 0.1) is 11.7 Å². The molecule has 1 N–H and O–H groups in total. The van der Waals surface area contributed by atoms with Crippen LogP contribution in [0.2, 0.25) is 0 Å². The third kappa shape index (κ3) is 3.15. The van der Waals surface area contributed by atoms with Crippen LogP contribution in [0.25, 0.3) is 5.00 Å². The van der Waals surface area contributed by atoms with Crippen molar-refractivity contribution < 1.29 is 9.53 Å². The van der Waals surface area contributed by atoms with Crippen LogP contribution in [0.15, 0.2) is 24.5 Å². The number of nitrogens with zero attached hydrogens (tertiary/aromatic N) is 1. The number of nitrogens with one attached hydrogen (secondary N) is 1. The van der Waals surface area contributed by atoms with Gasteiger partial charge in [-0.3, -0.25) is 4.79 Å². The zero-order valence-corrected chi connectivity index (χ0v) is 14.7. The highest BCUT2D eigenvalue weighted by molar-refractivity contribution is 7.15. The van der Waals surface area contributed by atoms with Gasteiger partial charge in [0.25, 0.3) is 5.91 Å². The molecule has 5 heteroatoms. The fourth-order valence-electron chi connectivity index (χ4n) is 3.74. The minimum Gasteiger partial charge on any atom is -0.378 e. The van der Waals surface area contributed by atoms with E-state index in [9.17, 15) is 4.79 Å². The Balaban J connectivity index is 1.54. The van der Waals surface area contributed by atoms with Crippen molar-refractivity contribution in [1.82, 2.24) is 9.88 Å². The Kier molecular flexibility index (Phi) is 4.72. The zero-order valence-electron chi connectivity index (χ0n) is 13.9. The predicted molar refractivity (Wildman–Crippen MR) is 96.2 cm³/mol. The molecule has 1 atom stereocenters. The topological polar surface area (TPSA) is 43.3 Å². The SMILES string of the molecule is O=C(NCC[C@@H]1CCCO1)c1c(-n2cccc2)sc2c1CCCC2. The van der Waals surface area contributed by atoms with Crippen LogP contribution in [0.3, 0.4) is 0 Å². The highest BCUT2D eigenvalue weighted by atomic mass is 32.1. The molecule has 1 saturated heterocycles. The average molecular weight is 344 g/mol. The molecule has 3 heterocycles. The summed E-state index contributed by atoms with van der Waals surface area (Å²) in [6.07, 6.45) is 12.1. The van der Waals surface area contributed by atoms with Gasteiger partial charge in [0.15, 0.2) is 0 Å². The van der Waals surface area contributed by atoms with Crippen molar-refractivity contribution in [3.63, 3.8) is 0 Å². The average Bonchev–Trinajstić information content (AvgIpc) is 3.34. The van der Waals surface area contributed by atoms with Crippen LogP contribution in [0, 0.1) is 0 Å². The van der Waals surface area contributed by atoms with Gasteiger partial charge in [-0.25, -0.2) is 0 Å². The maximum Gasteiger partial charge on any atom is 0.254 e. The van der Waals surface area contributed by atoms with E-state index in [1.807, 2.05) is 24.5 Å². The molecule has 128 valence electrons.